The summed E-state index contributed by atoms with van der Waals surface area (Å²) in [5.41, 5.74) is 0.818. The fraction of sp³-hybridized carbons (Fsp3) is 0.333. The molecule has 0 saturated carbocycles. The molecule has 0 atom stereocenters. The average molecular weight is 442 g/mol. The molecule has 9 nitrogen and oxygen atoms in total. The lowest BCUT2D eigenvalue weighted by molar-refractivity contribution is 0.0429. The molecule has 1 saturated heterocycles. The third-order valence-electron chi connectivity index (χ3n) is 4.99. The van der Waals surface area contributed by atoms with Crippen LogP contribution in [0.5, 0.6) is 0 Å². The lowest BCUT2D eigenvalue weighted by Crippen LogP contribution is -2.32. The number of esters is 1. The Balaban J connectivity index is 1.43. The highest BCUT2D eigenvalue weighted by molar-refractivity contribution is 7.89. The van der Waals surface area contributed by atoms with E-state index < -0.39 is 16.0 Å². The summed E-state index contributed by atoms with van der Waals surface area (Å²) in [6.45, 7) is 0.760. The molecular weight excluding hydrogens is 420 g/mol. The van der Waals surface area contributed by atoms with Crippen molar-refractivity contribution in [2.75, 3.05) is 13.1 Å². The number of rotatable bonds is 6. The number of carbonyl (C=O) groups is 1. The van der Waals surface area contributed by atoms with Crippen molar-refractivity contribution in [2.45, 2.75) is 37.2 Å². The van der Waals surface area contributed by atoms with Crippen LogP contribution in [0.25, 0.3) is 11.4 Å². The molecule has 1 aliphatic rings. The van der Waals surface area contributed by atoms with Crippen molar-refractivity contribution in [1.29, 1.82) is 0 Å². The number of carbonyl (C=O) groups excluding carboxylic acids is 1. The molecule has 1 aromatic carbocycles. The molecule has 1 aliphatic heterocycles. The van der Waals surface area contributed by atoms with Gasteiger partial charge in [0.2, 0.25) is 15.8 Å². The minimum absolute atomic E-state index is 0.0838. The van der Waals surface area contributed by atoms with Crippen LogP contribution in [0.2, 0.25) is 0 Å². The van der Waals surface area contributed by atoms with Gasteiger partial charge in [-0.15, -0.1) is 0 Å². The number of sulfonamides is 1. The van der Waals surface area contributed by atoms with E-state index in [0.29, 0.717) is 24.5 Å². The number of nitrogens with zero attached hydrogens (tertiary/aromatic N) is 4. The zero-order chi connectivity index (χ0) is 21.7. The van der Waals surface area contributed by atoms with Gasteiger partial charge in [0, 0.05) is 31.0 Å². The smallest absolute Gasteiger partial charge is 0.338 e. The van der Waals surface area contributed by atoms with E-state index in [-0.39, 0.29) is 23.0 Å². The monoisotopic (exact) mass is 442 g/mol. The van der Waals surface area contributed by atoms with E-state index in [1.807, 2.05) is 0 Å². The third kappa shape index (κ3) is 4.97. The van der Waals surface area contributed by atoms with Gasteiger partial charge < -0.3 is 9.26 Å². The quantitative estimate of drug-likeness (QED) is 0.535. The zero-order valence-corrected chi connectivity index (χ0v) is 17.6. The molecular formula is C21H22N4O5S. The Morgan fingerprint density at radius 3 is 2.65 bits per heavy atom. The second kappa shape index (κ2) is 9.36. The van der Waals surface area contributed by atoms with Crippen LogP contribution in [-0.4, -0.2) is 46.9 Å². The fourth-order valence-corrected chi connectivity index (χ4v) is 4.91. The first-order valence-corrected chi connectivity index (χ1v) is 11.5. The summed E-state index contributed by atoms with van der Waals surface area (Å²) < 4.78 is 37.8. The highest BCUT2D eigenvalue weighted by Gasteiger charge is 2.26. The van der Waals surface area contributed by atoms with E-state index in [1.54, 1.807) is 24.5 Å². The Labute approximate surface area is 180 Å². The topological polar surface area (TPSA) is 115 Å². The maximum atomic E-state index is 13.0. The largest absolute Gasteiger partial charge is 0.452 e. The van der Waals surface area contributed by atoms with Crippen LogP contribution >= 0.6 is 0 Å². The molecule has 0 N–H and O–H groups in total. The summed E-state index contributed by atoms with van der Waals surface area (Å²) in [5, 5.41) is 3.84. The molecule has 4 rings (SSSR count). The first-order chi connectivity index (χ1) is 15.0. The minimum atomic E-state index is -3.66. The van der Waals surface area contributed by atoms with Gasteiger partial charge in [-0.25, -0.2) is 13.2 Å². The number of benzene rings is 1. The summed E-state index contributed by atoms with van der Waals surface area (Å²) >= 11 is 0. The molecule has 0 aliphatic carbocycles. The molecule has 0 amide bonds. The van der Waals surface area contributed by atoms with Gasteiger partial charge in [-0.05, 0) is 43.2 Å². The molecule has 0 radical (unpaired) electrons. The maximum Gasteiger partial charge on any atom is 0.338 e. The van der Waals surface area contributed by atoms with Crippen molar-refractivity contribution in [3.8, 4) is 11.4 Å². The number of hydrogen-bond donors (Lipinski definition) is 0. The van der Waals surface area contributed by atoms with Crippen LogP contribution in [0.15, 0.2) is 58.2 Å². The normalized spacial score (nSPS) is 15.4. The lowest BCUT2D eigenvalue weighted by Gasteiger charge is -2.20. The van der Waals surface area contributed by atoms with Gasteiger partial charge in [0.15, 0.2) is 6.61 Å². The maximum absolute atomic E-state index is 13.0. The van der Waals surface area contributed by atoms with Crippen molar-refractivity contribution in [2.24, 2.45) is 0 Å². The summed E-state index contributed by atoms with van der Waals surface area (Å²) in [7, 11) is -3.66. The van der Waals surface area contributed by atoms with Crippen LogP contribution < -0.4 is 0 Å². The van der Waals surface area contributed by atoms with Crippen LogP contribution in [0.1, 0.15) is 41.9 Å². The molecule has 0 bridgehead atoms. The second-order valence-corrected chi connectivity index (χ2v) is 9.11. The number of pyridine rings is 1. The average Bonchev–Trinajstić information content (AvgIpc) is 3.10. The van der Waals surface area contributed by atoms with Gasteiger partial charge in [-0.3, -0.25) is 4.98 Å². The van der Waals surface area contributed by atoms with Gasteiger partial charge in [-0.2, -0.15) is 9.29 Å². The van der Waals surface area contributed by atoms with E-state index in [0.717, 1.165) is 25.7 Å². The second-order valence-electron chi connectivity index (χ2n) is 7.18. The van der Waals surface area contributed by atoms with E-state index in [2.05, 4.69) is 15.1 Å². The molecule has 1 fully saturated rings. The molecule has 0 unspecified atom stereocenters. The van der Waals surface area contributed by atoms with Crippen molar-refractivity contribution >= 4 is 16.0 Å². The molecule has 162 valence electrons. The Kier molecular flexibility index (Phi) is 6.38. The van der Waals surface area contributed by atoms with Crippen molar-refractivity contribution in [1.82, 2.24) is 19.4 Å². The van der Waals surface area contributed by atoms with E-state index in [1.165, 1.54) is 28.6 Å². The summed E-state index contributed by atoms with van der Waals surface area (Å²) in [4.78, 5) is 20.7. The minimum Gasteiger partial charge on any atom is -0.452 e. The van der Waals surface area contributed by atoms with Gasteiger partial charge >= 0.3 is 5.97 Å². The standard InChI is InChI=1S/C21H22N4O5S/c26-21(29-15-19-23-20(24-30-19)17-8-6-10-22-14-17)16-7-5-9-18(13-16)31(27,28)25-11-3-1-2-4-12-25/h5-10,13-14H,1-4,11-12,15H2. The zero-order valence-electron chi connectivity index (χ0n) is 16.8. The highest BCUT2D eigenvalue weighted by Crippen LogP contribution is 2.22. The van der Waals surface area contributed by atoms with Crippen LogP contribution in [-0.2, 0) is 21.4 Å². The highest BCUT2D eigenvalue weighted by atomic mass is 32.2. The Morgan fingerprint density at radius 2 is 1.90 bits per heavy atom. The molecule has 3 heterocycles. The fourth-order valence-electron chi connectivity index (χ4n) is 3.35. The summed E-state index contributed by atoms with van der Waals surface area (Å²) in [5.74, 6) is -0.209. The van der Waals surface area contributed by atoms with Crippen molar-refractivity contribution in [3.05, 3.63) is 60.2 Å². The van der Waals surface area contributed by atoms with Gasteiger partial charge in [0.05, 0.1) is 10.5 Å². The summed E-state index contributed by atoms with van der Waals surface area (Å²) in [6, 6.07) is 9.42. The van der Waals surface area contributed by atoms with Gasteiger partial charge in [0.1, 0.15) is 0 Å². The lowest BCUT2D eigenvalue weighted by atomic mass is 10.2. The van der Waals surface area contributed by atoms with Crippen LogP contribution in [0, 0.1) is 0 Å². The van der Waals surface area contributed by atoms with Crippen LogP contribution in [0.3, 0.4) is 0 Å². The van der Waals surface area contributed by atoms with E-state index >= 15 is 0 Å². The molecule has 31 heavy (non-hydrogen) atoms. The van der Waals surface area contributed by atoms with E-state index in [9.17, 15) is 13.2 Å². The first kappa shape index (κ1) is 21.1. The Morgan fingerprint density at radius 1 is 1.10 bits per heavy atom. The third-order valence-corrected chi connectivity index (χ3v) is 6.88. The number of ether oxygens (including phenoxy) is 1. The van der Waals surface area contributed by atoms with Crippen molar-refractivity contribution < 1.29 is 22.5 Å². The van der Waals surface area contributed by atoms with Crippen molar-refractivity contribution in [3.63, 3.8) is 0 Å². The number of aromatic nitrogens is 3. The SMILES string of the molecule is O=C(OCc1nc(-c2cccnc2)no1)c1cccc(S(=O)(=O)N2CCCCCC2)c1. The summed E-state index contributed by atoms with van der Waals surface area (Å²) in [6.07, 6.45) is 6.95. The predicted molar refractivity (Wildman–Crippen MR) is 110 cm³/mol. The van der Waals surface area contributed by atoms with E-state index in [4.69, 9.17) is 9.26 Å². The first-order valence-electron chi connectivity index (χ1n) is 10.0. The molecule has 0 spiro atoms. The number of hydrogen-bond acceptors (Lipinski definition) is 8. The Bertz CT molecular complexity index is 1140. The molecule has 10 heteroatoms. The van der Waals surface area contributed by atoms with Gasteiger partial charge in [0.25, 0.3) is 5.89 Å². The Hall–Kier alpha value is -3.11. The van der Waals surface area contributed by atoms with Crippen LogP contribution in [0.4, 0.5) is 0 Å². The molecule has 3 aromatic rings. The predicted octanol–water partition coefficient (Wildman–Crippen LogP) is 3.05. The molecule has 2 aromatic heterocycles. The van der Waals surface area contributed by atoms with Gasteiger partial charge in [-0.1, -0.05) is 24.1 Å².